The molecule has 1 N–H and O–H groups in total. The normalized spacial score (nSPS) is 10.1. The maximum atomic E-state index is 12.3. The zero-order valence-electron chi connectivity index (χ0n) is 12.5. The Bertz CT molecular complexity index is 666. The van der Waals surface area contributed by atoms with E-state index in [1.807, 2.05) is 36.4 Å². The van der Waals surface area contributed by atoms with Crippen LogP contribution < -0.4 is 10.2 Å². The highest BCUT2D eigenvalue weighted by Crippen LogP contribution is 2.18. The van der Waals surface area contributed by atoms with Gasteiger partial charge in [0, 0.05) is 29.8 Å². The SMILES string of the molecule is CC(=O)Nc1ccc(N(C)C(=O)Cc2ccc(Br)cc2)cc1. The van der Waals surface area contributed by atoms with E-state index in [4.69, 9.17) is 0 Å². The monoisotopic (exact) mass is 360 g/mol. The van der Waals surface area contributed by atoms with Crippen LogP contribution in [-0.2, 0) is 16.0 Å². The van der Waals surface area contributed by atoms with Crippen molar-refractivity contribution in [3.05, 3.63) is 58.6 Å². The van der Waals surface area contributed by atoms with E-state index < -0.39 is 0 Å². The molecule has 0 aliphatic heterocycles. The number of anilines is 2. The molecule has 2 amide bonds. The van der Waals surface area contributed by atoms with E-state index in [0.717, 1.165) is 15.7 Å². The molecule has 0 radical (unpaired) electrons. The first kappa shape index (κ1) is 16.2. The molecule has 0 fully saturated rings. The van der Waals surface area contributed by atoms with Gasteiger partial charge in [-0.1, -0.05) is 28.1 Å². The minimum absolute atomic E-state index is 0.00889. The van der Waals surface area contributed by atoms with Crippen molar-refractivity contribution in [1.29, 1.82) is 0 Å². The lowest BCUT2D eigenvalue weighted by Gasteiger charge is -2.18. The summed E-state index contributed by atoms with van der Waals surface area (Å²) in [5.74, 6) is -0.109. The number of nitrogens with zero attached hydrogens (tertiary/aromatic N) is 1. The van der Waals surface area contributed by atoms with Crippen molar-refractivity contribution in [3.8, 4) is 0 Å². The summed E-state index contributed by atoms with van der Waals surface area (Å²) >= 11 is 3.38. The Labute approximate surface area is 138 Å². The molecule has 22 heavy (non-hydrogen) atoms. The summed E-state index contributed by atoms with van der Waals surface area (Å²) in [7, 11) is 1.74. The smallest absolute Gasteiger partial charge is 0.231 e. The molecule has 0 saturated carbocycles. The van der Waals surface area contributed by atoms with Crippen LogP contribution in [0.3, 0.4) is 0 Å². The Morgan fingerprint density at radius 2 is 1.64 bits per heavy atom. The second kappa shape index (κ2) is 7.22. The lowest BCUT2D eigenvalue weighted by atomic mass is 10.1. The van der Waals surface area contributed by atoms with Crippen LogP contribution in [0.25, 0.3) is 0 Å². The predicted octanol–water partition coefficient (Wildman–Crippen LogP) is 3.61. The van der Waals surface area contributed by atoms with Crippen molar-refractivity contribution >= 4 is 39.1 Å². The number of amides is 2. The Morgan fingerprint density at radius 1 is 1.05 bits per heavy atom. The van der Waals surface area contributed by atoms with Crippen molar-refractivity contribution in [2.24, 2.45) is 0 Å². The predicted molar refractivity (Wildman–Crippen MR) is 92.0 cm³/mol. The number of carbonyl (C=O) groups excluding carboxylic acids is 2. The third kappa shape index (κ3) is 4.43. The molecule has 0 aliphatic rings. The van der Waals surface area contributed by atoms with E-state index in [9.17, 15) is 9.59 Å². The van der Waals surface area contributed by atoms with E-state index in [1.165, 1.54) is 6.92 Å². The number of hydrogen-bond donors (Lipinski definition) is 1. The number of halogens is 1. The standard InChI is InChI=1S/C17H17BrN2O2/c1-12(21)19-15-7-9-16(10-8-15)20(2)17(22)11-13-3-5-14(18)6-4-13/h3-10H,11H2,1-2H3,(H,19,21). The summed E-state index contributed by atoms with van der Waals surface area (Å²) in [5, 5.41) is 2.70. The Balaban J connectivity index is 2.03. The summed E-state index contributed by atoms with van der Waals surface area (Å²) < 4.78 is 0.991. The Morgan fingerprint density at radius 3 is 2.18 bits per heavy atom. The van der Waals surface area contributed by atoms with Crippen LogP contribution in [0.15, 0.2) is 53.0 Å². The molecule has 5 heteroatoms. The van der Waals surface area contributed by atoms with E-state index in [2.05, 4.69) is 21.2 Å². The first-order chi connectivity index (χ1) is 10.5. The van der Waals surface area contributed by atoms with Crippen LogP contribution in [0.2, 0.25) is 0 Å². The Hall–Kier alpha value is -2.14. The van der Waals surface area contributed by atoms with Gasteiger partial charge in [-0.15, -0.1) is 0 Å². The van der Waals surface area contributed by atoms with Crippen LogP contribution >= 0.6 is 15.9 Å². The molecule has 2 aromatic carbocycles. The average Bonchev–Trinajstić information content (AvgIpc) is 2.49. The molecule has 0 aliphatic carbocycles. The summed E-state index contributed by atoms with van der Waals surface area (Å²) in [4.78, 5) is 24.9. The molecule has 0 unspecified atom stereocenters. The van der Waals surface area contributed by atoms with Crippen molar-refractivity contribution in [2.45, 2.75) is 13.3 Å². The third-order valence-corrected chi connectivity index (χ3v) is 3.75. The number of benzene rings is 2. The molecule has 0 aromatic heterocycles. The summed E-state index contributed by atoms with van der Waals surface area (Å²) in [5.41, 5.74) is 2.47. The zero-order valence-corrected chi connectivity index (χ0v) is 14.1. The summed E-state index contributed by atoms with van der Waals surface area (Å²) in [6.07, 6.45) is 0.344. The lowest BCUT2D eigenvalue weighted by Crippen LogP contribution is -2.27. The maximum absolute atomic E-state index is 12.3. The van der Waals surface area contributed by atoms with Gasteiger partial charge < -0.3 is 10.2 Å². The molecule has 0 heterocycles. The van der Waals surface area contributed by atoms with Crippen molar-refractivity contribution in [1.82, 2.24) is 0 Å². The maximum Gasteiger partial charge on any atom is 0.231 e. The molecule has 0 saturated heterocycles. The number of nitrogens with one attached hydrogen (secondary N) is 1. The quantitative estimate of drug-likeness (QED) is 0.905. The third-order valence-electron chi connectivity index (χ3n) is 3.22. The highest BCUT2D eigenvalue weighted by atomic mass is 79.9. The average molecular weight is 361 g/mol. The second-order valence-corrected chi connectivity index (χ2v) is 5.90. The van der Waals surface area contributed by atoms with E-state index in [-0.39, 0.29) is 11.8 Å². The highest BCUT2D eigenvalue weighted by molar-refractivity contribution is 9.10. The van der Waals surface area contributed by atoms with Crippen LogP contribution in [0, 0.1) is 0 Å². The molecule has 0 spiro atoms. The molecular weight excluding hydrogens is 344 g/mol. The lowest BCUT2D eigenvalue weighted by molar-refractivity contribution is -0.117. The van der Waals surface area contributed by atoms with Crippen LogP contribution in [0.4, 0.5) is 11.4 Å². The number of rotatable bonds is 4. The first-order valence-electron chi connectivity index (χ1n) is 6.84. The first-order valence-corrected chi connectivity index (χ1v) is 7.63. The number of hydrogen-bond acceptors (Lipinski definition) is 2. The van der Waals surface area contributed by atoms with Gasteiger partial charge in [0.25, 0.3) is 0 Å². The molecule has 0 atom stereocenters. The van der Waals surface area contributed by atoms with E-state index in [0.29, 0.717) is 12.1 Å². The minimum atomic E-state index is -0.118. The second-order valence-electron chi connectivity index (χ2n) is 4.98. The largest absolute Gasteiger partial charge is 0.326 e. The molecule has 2 rings (SSSR count). The molecule has 2 aromatic rings. The van der Waals surface area contributed by atoms with E-state index in [1.54, 1.807) is 24.1 Å². The van der Waals surface area contributed by atoms with Gasteiger partial charge in [-0.05, 0) is 42.0 Å². The van der Waals surface area contributed by atoms with Gasteiger partial charge >= 0.3 is 0 Å². The fourth-order valence-electron chi connectivity index (χ4n) is 2.01. The van der Waals surface area contributed by atoms with Crippen LogP contribution in [-0.4, -0.2) is 18.9 Å². The van der Waals surface area contributed by atoms with Gasteiger partial charge in [0.05, 0.1) is 6.42 Å². The van der Waals surface area contributed by atoms with Crippen molar-refractivity contribution in [2.75, 3.05) is 17.3 Å². The van der Waals surface area contributed by atoms with E-state index >= 15 is 0 Å². The molecule has 4 nitrogen and oxygen atoms in total. The fourth-order valence-corrected chi connectivity index (χ4v) is 2.28. The molecule has 0 bridgehead atoms. The van der Waals surface area contributed by atoms with Gasteiger partial charge in [0.2, 0.25) is 11.8 Å². The zero-order chi connectivity index (χ0) is 16.1. The molecular formula is C17H17BrN2O2. The topological polar surface area (TPSA) is 49.4 Å². The fraction of sp³-hybridized carbons (Fsp3) is 0.176. The minimum Gasteiger partial charge on any atom is -0.326 e. The summed E-state index contributed by atoms with van der Waals surface area (Å²) in [6, 6.07) is 14.9. The van der Waals surface area contributed by atoms with Gasteiger partial charge in [-0.2, -0.15) is 0 Å². The summed E-state index contributed by atoms with van der Waals surface area (Å²) in [6.45, 7) is 1.46. The number of carbonyl (C=O) groups is 2. The van der Waals surface area contributed by atoms with Gasteiger partial charge in [0.1, 0.15) is 0 Å². The van der Waals surface area contributed by atoms with Crippen molar-refractivity contribution in [3.63, 3.8) is 0 Å². The highest BCUT2D eigenvalue weighted by Gasteiger charge is 2.11. The van der Waals surface area contributed by atoms with Crippen LogP contribution in [0.1, 0.15) is 12.5 Å². The number of likely N-dealkylation sites (N-methyl/N-ethyl adjacent to an activating group) is 1. The van der Waals surface area contributed by atoms with Crippen molar-refractivity contribution < 1.29 is 9.59 Å². The van der Waals surface area contributed by atoms with Gasteiger partial charge in [-0.25, -0.2) is 0 Å². The van der Waals surface area contributed by atoms with Crippen LogP contribution in [0.5, 0.6) is 0 Å². The Kier molecular flexibility index (Phi) is 5.33. The van der Waals surface area contributed by atoms with Gasteiger partial charge in [-0.3, -0.25) is 9.59 Å². The van der Waals surface area contributed by atoms with Gasteiger partial charge in [0.15, 0.2) is 0 Å². The molecule has 114 valence electrons.